The smallest absolute Gasteiger partial charge is 0.263 e. The van der Waals surface area contributed by atoms with Crippen LogP contribution in [-0.2, 0) is 14.3 Å². The quantitative estimate of drug-likeness (QED) is 0.468. The van der Waals surface area contributed by atoms with Crippen LogP contribution in [0.25, 0.3) is 0 Å². The first kappa shape index (κ1) is 10.3. The fourth-order valence-electron chi connectivity index (χ4n) is 0.326. The molecule has 0 saturated heterocycles. The Labute approximate surface area is 65.3 Å². The Hall–Kier alpha value is -0.680. The lowest BCUT2D eigenvalue weighted by Gasteiger charge is -2.03. The standard InChI is InChI=1S/C6H9FO3S/c1-3-5-10-11(8,9)6(7)4-2/h3-4,6H,1-2,5H2. The van der Waals surface area contributed by atoms with E-state index in [0.717, 1.165) is 0 Å². The van der Waals surface area contributed by atoms with Gasteiger partial charge >= 0.3 is 10.1 Å². The highest BCUT2D eigenvalue weighted by molar-refractivity contribution is 7.87. The van der Waals surface area contributed by atoms with Crippen molar-refractivity contribution in [2.24, 2.45) is 0 Å². The number of rotatable bonds is 5. The second kappa shape index (κ2) is 4.25. The molecule has 0 heterocycles. The summed E-state index contributed by atoms with van der Waals surface area (Å²) < 4.78 is 37.7. The number of alkyl halides is 1. The van der Waals surface area contributed by atoms with Crippen LogP contribution in [0.1, 0.15) is 0 Å². The van der Waals surface area contributed by atoms with Crippen LogP contribution >= 0.6 is 0 Å². The molecule has 0 aromatic heterocycles. The van der Waals surface area contributed by atoms with Crippen LogP contribution < -0.4 is 0 Å². The Morgan fingerprint density at radius 1 is 1.55 bits per heavy atom. The maximum absolute atomic E-state index is 12.4. The zero-order valence-electron chi connectivity index (χ0n) is 5.86. The molecule has 5 heteroatoms. The number of hydrogen-bond acceptors (Lipinski definition) is 3. The monoisotopic (exact) mass is 180 g/mol. The molecule has 0 bridgehead atoms. The van der Waals surface area contributed by atoms with Gasteiger partial charge in [-0.15, -0.1) is 6.58 Å². The van der Waals surface area contributed by atoms with Crippen LogP contribution in [0.3, 0.4) is 0 Å². The second-order valence-corrected chi connectivity index (χ2v) is 3.32. The minimum Gasteiger partial charge on any atom is -0.263 e. The Kier molecular flexibility index (Phi) is 3.99. The third-order valence-electron chi connectivity index (χ3n) is 0.811. The lowest BCUT2D eigenvalue weighted by molar-refractivity contribution is 0.328. The molecule has 11 heavy (non-hydrogen) atoms. The fraction of sp³-hybridized carbons (Fsp3) is 0.333. The summed E-state index contributed by atoms with van der Waals surface area (Å²) in [4.78, 5) is 0. The zero-order chi connectivity index (χ0) is 8.91. The normalized spacial score (nSPS) is 13.9. The molecule has 0 radical (unpaired) electrons. The van der Waals surface area contributed by atoms with Gasteiger partial charge in [0, 0.05) is 0 Å². The summed E-state index contributed by atoms with van der Waals surface area (Å²) >= 11 is 0. The van der Waals surface area contributed by atoms with Crippen LogP contribution in [0.2, 0.25) is 0 Å². The van der Waals surface area contributed by atoms with Gasteiger partial charge in [0.1, 0.15) is 0 Å². The summed E-state index contributed by atoms with van der Waals surface area (Å²) in [6.07, 6.45) is 1.87. The largest absolute Gasteiger partial charge is 0.304 e. The molecule has 0 aromatic rings. The second-order valence-electron chi connectivity index (χ2n) is 1.65. The van der Waals surface area contributed by atoms with Gasteiger partial charge in [-0.1, -0.05) is 12.7 Å². The SMILES string of the molecule is C=CCOS(=O)(=O)C(F)C=C. The van der Waals surface area contributed by atoms with E-state index in [2.05, 4.69) is 17.3 Å². The summed E-state index contributed by atoms with van der Waals surface area (Å²) in [5.41, 5.74) is -2.16. The van der Waals surface area contributed by atoms with Crippen LogP contribution in [-0.4, -0.2) is 20.5 Å². The summed E-state index contributed by atoms with van der Waals surface area (Å²) in [5, 5.41) is 0. The zero-order valence-corrected chi connectivity index (χ0v) is 6.68. The van der Waals surface area contributed by atoms with Crippen LogP contribution in [0, 0.1) is 0 Å². The lowest BCUT2D eigenvalue weighted by atomic mass is 10.7. The van der Waals surface area contributed by atoms with E-state index >= 15 is 0 Å². The molecule has 0 aliphatic rings. The molecule has 0 saturated carbocycles. The number of halogens is 1. The molecule has 0 aromatic carbocycles. The molecule has 0 aliphatic heterocycles. The fourth-order valence-corrected chi connectivity index (χ4v) is 0.977. The Morgan fingerprint density at radius 3 is 2.45 bits per heavy atom. The topological polar surface area (TPSA) is 43.4 Å². The van der Waals surface area contributed by atoms with Crippen molar-refractivity contribution < 1.29 is 17.0 Å². The van der Waals surface area contributed by atoms with Crippen molar-refractivity contribution >= 4 is 10.1 Å². The maximum atomic E-state index is 12.4. The van der Waals surface area contributed by atoms with Crippen molar-refractivity contribution in [2.75, 3.05) is 6.61 Å². The Bertz CT molecular complexity index is 232. The number of hydrogen-bond donors (Lipinski definition) is 0. The van der Waals surface area contributed by atoms with Gasteiger partial charge in [0.25, 0.3) is 0 Å². The van der Waals surface area contributed by atoms with Crippen molar-refractivity contribution in [1.29, 1.82) is 0 Å². The van der Waals surface area contributed by atoms with Gasteiger partial charge in [0.05, 0.1) is 6.61 Å². The summed E-state index contributed by atoms with van der Waals surface area (Å²) in [5.74, 6) is 0. The molecule has 0 spiro atoms. The molecule has 0 N–H and O–H groups in total. The Morgan fingerprint density at radius 2 is 2.09 bits per heavy atom. The van der Waals surface area contributed by atoms with Crippen molar-refractivity contribution in [3.8, 4) is 0 Å². The van der Waals surface area contributed by atoms with Crippen LogP contribution in [0.15, 0.2) is 25.3 Å². The van der Waals surface area contributed by atoms with Gasteiger partial charge < -0.3 is 0 Å². The minimum atomic E-state index is -4.13. The van der Waals surface area contributed by atoms with E-state index in [-0.39, 0.29) is 6.61 Å². The molecule has 1 atom stereocenters. The molecule has 1 unspecified atom stereocenters. The van der Waals surface area contributed by atoms with Gasteiger partial charge in [0.2, 0.25) is 5.50 Å². The van der Waals surface area contributed by atoms with Gasteiger partial charge in [-0.25, -0.2) is 4.39 Å². The van der Waals surface area contributed by atoms with Crippen molar-refractivity contribution in [2.45, 2.75) is 5.50 Å². The summed E-state index contributed by atoms with van der Waals surface area (Å²) in [6, 6.07) is 0. The predicted molar refractivity (Wildman–Crippen MR) is 40.2 cm³/mol. The van der Waals surface area contributed by atoms with Gasteiger partial charge in [-0.05, 0) is 6.08 Å². The highest BCUT2D eigenvalue weighted by Crippen LogP contribution is 2.06. The van der Waals surface area contributed by atoms with Gasteiger partial charge in [-0.3, -0.25) is 4.18 Å². The van der Waals surface area contributed by atoms with E-state index in [4.69, 9.17) is 0 Å². The third kappa shape index (κ3) is 3.29. The average Bonchev–Trinajstić information content (AvgIpc) is 1.99. The van der Waals surface area contributed by atoms with Crippen LogP contribution in [0.5, 0.6) is 0 Å². The highest BCUT2D eigenvalue weighted by atomic mass is 32.2. The van der Waals surface area contributed by atoms with Crippen LogP contribution in [0.4, 0.5) is 4.39 Å². The molecular formula is C6H9FO3S. The lowest BCUT2D eigenvalue weighted by Crippen LogP contribution is -2.16. The van der Waals surface area contributed by atoms with E-state index in [1.54, 1.807) is 0 Å². The van der Waals surface area contributed by atoms with E-state index in [0.29, 0.717) is 6.08 Å². The first-order chi connectivity index (χ1) is 5.04. The first-order valence-electron chi connectivity index (χ1n) is 2.80. The van der Waals surface area contributed by atoms with E-state index in [9.17, 15) is 12.8 Å². The first-order valence-corrected chi connectivity index (χ1v) is 4.27. The van der Waals surface area contributed by atoms with Gasteiger partial charge in [-0.2, -0.15) is 8.42 Å². The molecule has 0 rings (SSSR count). The van der Waals surface area contributed by atoms with Crippen molar-refractivity contribution in [1.82, 2.24) is 0 Å². The molecule has 0 aliphatic carbocycles. The molecule has 0 fully saturated rings. The van der Waals surface area contributed by atoms with Crippen molar-refractivity contribution in [3.63, 3.8) is 0 Å². The minimum absolute atomic E-state index is 0.226. The molecule has 3 nitrogen and oxygen atoms in total. The molecule has 0 amide bonds. The van der Waals surface area contributed by atoms with Crippen molar-refractivity contribution in [3.05, 3.63) is 25.3 Å². The van der Waals surface area contributed by atoms with Gasteiger partial charge in [0.15, 0.2) is 0 Å². The molecule has 64 valence electrons. The molecular weight excluding hydrogens is 171 g/mol. The maximum Gasteiger partial charge on any atom is 0.304 e. The Balaban J connectivity index is 4.22. The highest BCUT2D eigenvalue weighted by Gasteiger charge is 2.21. The third-order valence-corrected chi connectivity index (χ3v) is 2.02. The summed E-state index contributed by atoms with van der Waals surface area (Å²) in [7, 11) is -4.13. The predicted octanol–water partition coefficient (Wildman–Crippen LogP) is 1.00. The van der Waals surface area contributed by atoms with E-state index < -0.39 is 15.6 Å². The average molecular weight is 180 g/mol. The van der Waals surface area contributed by atoms with E-state index in [1.165, 1.54) is 6.08 Å². The van der Waals surface area contributed by atoms with E-state index in [1.807, 2.05) is 0 Å². The summed E-state index contributed by atoms with van der Waals surface area (Å²) in [6.45, 7) is 5.96.